The van der Waals surface area contributed by atoms with Gasteiger partial charge in [0.15, 0.2) is 0 Å². The lowest BCUT2D eigenvalue weighted by molar-refractivity contribution is -0.0170. The van der Waals surface area contributed by atoms with Crippen molar-refractivity contribution in [1.82, 2.24) is 4.31 Å². The molecule has 2 rings (SSSR count). The zero-order chi connectivity index (χ0) is 14.2. The third-order valence-electron chi connectivity index (χ3n) is 2.94. The van der Waals surface area contributed by atoms with Crippen molar-refractivity contribution in [3.05, 3.63) is 17.0 Å². The van der Waals surface area contributed by atoms with Crippen LogP contribution in [0.15, 0.2) is 15.7 Å². The van der Waals surface area contributed by atoms with Gasteiger partial charge >= 0.3 is 5.97 Å². The Hall–Kier alpha value is -0.960. The molecule has 1 aliphatic rings. The molecule has 1 aromatic heterocycles. The van der Waals surface area contributed by atoms with Crippen LogP contribution in [0.5, 0.6) is 0 Å². The molecule has 2 atom stereocenters. The number of carbonyl (C=O) groups is 1. The number of morpholine rings is 1. The maximum atomic E-state index is 12.5. The number of sulfonamides is 1. The molecule has 1 aromatic rings. The molecule has 106 valence electrons. The highest BCUT2D eigenvalue weighted by Crippen LogP contribution is 2.27. The van der Waals surface area contributed by atoms with Crippen molar-refractivity contribution in [1.29, 1.82) is 0 Å². The largest absolute Gasteiger partial charge is 0.478 e. The number of hydrogen-bond donors (Lipinski definition) is 1. The second-order valence-corrected chi connectivity index (χ2v) is 7.56. The van der Waals surface area contributed by atoms with Crippen LogP contribution in [0.1, 0.15) is 24.2 Å². The SMILES string of the molecule is CC1CN(S(=O)(=O)c2cc(C(=O)O)cs2)C(C)CO1. The summed E-state index contributed by atoms with van der Waals surface area (Å²) in [5, 5.41) is 10.2. The molecule has 2 heterocycles. The molecule has 1 saturated heterocycles. The minimum Gasteiger partial charge on any atom is -0.478 e. The summed E-state index contributed by atoms with van der Waals surface area (Å²) in [4.78, 5) is 10.8. The van der Waals surface area contributed by atoms with Crippen LogP contribution >= 0.6 is 11.3 Å². The van der Waals surface area contributed by atoms with Gasteiger partial charge in [0, 0.05) is 18.0 Å². The number of hydrogen-bond acceptors (Lipinski definition) is 5. The molecule has 0 saturated carbocycles. The first-order chi connectivity index (χ1) is 8.82. The molecule has 19 heavy (non-hydrogen) atoms. The lowest BCUT2D eigenvalue weighted by atomic mass is 10.2. The van der Waals surface area contributed by atoms with E-state index in [1.165, 1.54) is 15.8 Å². The molecule has 1 N–H and O–H groups in total. The highest BCUT2D eigenvalue weighted by molar-refractivity contribution is 7.91. The lowest BCUT2D eigenvalue weighted by Gasteiger charge is -2.35. The zero-order valence-corrected chi connectivity index (χ0v) is 12.2. The van der Waals surface area contributed by atoms with Gasteiger partial charge in [0.25, 0.3) is 10.0 Å². The van der Waals surface area contributed by atoms with Crippen LogP contribution in [0, 0.1) is 0 Å². The summed E-state index contributed by atoms with van der Waals surface area (Å²) >= 11 is 0.930. The molecule has 2 unspecified atom stereocenters. The summed E-state index contributed by atoms with van der Waals surface area (Å²) in [6, 6.07) is 0.950. The standard InChI is InChI=1S/C11H15NO5S2/c1-7-5-17-8(2)4-12(7)19(15,16)10-3-9(6-18-10)11(13)14/h3,6-8H,4-5H2,1-2H3,(H,13,14). The maximum absolute atomic E-state index is 12.5. The Morgan fingerprint density at radius 3 is 2.79 bits per heavy atom. The predicted octanol–water partition coefficient (Wildman–Crippen LogP) is 1.24. The van der Waals surface area contributed by atoms with Crippen LogP contribution in [-0.2, 0) is 14.8 Å². The highest BCUT2D eigenvalue weighted by atomic mass is 32.2. The predicted molar refractivity (Wildman–Crippen MR) is 70.0 cm³/mol. The molecule has 0 aromatic carbocycles. The fourth-order valence-electron chi connectivity index (χ4n) is 1.89. The summed E-state index contributed by atoms with van der Waals surface area (Å²) in [5.74, 6) is -1.12. The summed E-state index contributed by atoms with van der Waals surface area (Å²) in [6.45, 7) is 4.21. The van der Waals surface area contributed by atoms with Crippen LogP contribution in [0.25, 0.3) is 0 Å². The summed E-state index contributed by atoms with van der Waals surface area (Å²) in [6.07, 6.45) is -0.162. The molecule has 6 nitrogen and oxygen atoms in total. The molecule has 0 amide bonds. The molecule has 8 heteroatoms. The summed E-state index contributed by atoms with van der Waals surface area (Å²) in [7, 11) is -3.65. The Morgan fingerprint density at radius 1 is 1.53 bits per heavy atom. The Morgan fingerprint density at radius 2 is 2.21 bits per heavy atom. The fraction of sp³-hybridized carbons (Fsp3) is 0.545. The van der Waals surface area contributed by atoms with Crippen LogP contribution in [0.4, 0.5) is 0 Å². The zero-order valence-electron chi connectivity index (χ0n) is 10.6. The van der Waals surface area contributed by atoms with E-state index in [4.69, 9.17) is 9.84 Å². The Kier molecular flexibility index (Phi) is 3.95. The minimum absolute atomic E-state index is 0.00228. The topological polar surface area (TPSA) is 83.9 Å². The average molecular weight is 305 g/mol. The van der Waals surface area contributed by atoms with E-state index in [1.54, 1.807) is 6.92 Å². The van der Waals surface area contributed by atoms with Crippen LogP contribution < -0.4 is 0 Å². The molecule has 1 aliphatic heterocycles. The van der Waals surface area contributed by atoms with Gasteiger partial charge in [-0.1, -0.05) is 0 Å². The molecule has 0 radical (unpaired) electrons. The first-order valence-electron chi connectivity index (χ1n) is 5.77. The van der Waals surface area contributed by atoms with Gasteiger partial charge in [-0.05, 0) is 19.9 Å². The molecule has 1 fully saturated rings. The van der Waals surface area contributed by atoms with Gasteiger partial charge in [0.2, 0.25) is 0 Å². The Labute approximate surface area is 115 Å². The van der Waals surface area contributed by atoms with E-state index >= 15 is 0 Å². The molecule has 0 spiro atoms. The van der Waals surface area contributed by atoms with Gasteiger partial charge in [-0.2, -0.15) is 4.31 Å². The fourth-order valence-corrected chi connectivity index (χ4v) is 4.86. The first-order valence-corrected chi connectivity index (χ1v) is 8.09. The smallest absolute Gasteiger partial charge is 0.336 e. The number of thiophene rings is 1. The number of nitrogens with zero attached hydrogens (tertiary/aromatic N) is 1. The van der Waals surface area contributed by atoms with E-state index in [0.29, 0.717) is 6.61 Å². The van der Waals surface area contributed by atoms with Crippen molar-refractivity contribution in [3.8, 4) is 0 Å². The Bertz CT molecular complexity index is 580. The lowest BCUT2D eigenvalue weighted by Crippen LogP contribution is -2.49. The van der Waals surface area contributed by atoms with Gasteiger partial charge in [0.1, 0.15) is 4.21 Å². The van der Waals surface area contributed by atoms with E-state index in [-0.39, 0.29) is 28.5 Å². The van der Waals surface area contributed by atoms with Crippen molar-refractivity contribution in [2.45, 2.75) is 30.2 Å². The van der Waals surface area contributed by atoms with Crippen molar-refractivity contribution in [2.24, 2.45) is 0 Å². The van der Waals surface area contributed by atoms with Gasteiger partial charge in [-0.25, -0.2) is 13.2 Å². The Balaban J connectivity index is 2.32. The maximum Gasteiger partial charge on any atom is 0.336 e. The molecule has 0 aliphatic carbocycles. The van der Waals surface area contributed by atoms with E-state index in [0.717, 1.165) is 11.3 Å². The number of carboxylic acids is 1. The van der Waals surface area contributed by atoms with Gasteiger partial charge in [0.05, 0.1) is 18.3 Å². The van der Waals surface area contributed by atoms with Crippen LogP contribution in [0.2, 0.25) is 0 Å². The second kappa shape index (κ2) is 5.20. The minimum atomic E-state index is -3.65. The average Bonchev–Trinajstić information content (AvgIpc) is 2.82. The van der Waals surface area contributed by atoms with Crippen molar-refractivity contribution < 1.29 is 23.1 Å². The van der Waals surface area contributed by atoms with Crippen molar-refractivity contribution in [3.63, 3.8) is 0 Å². The van der Waals surface area contributed by atoms with Crippen molar-refractivity contribution >= 4 is 27.3 Å². The van der Waals surface area contributed by atoms with E-state index in [2.05, 4.69) is 0 Å². The summed E-state index contributed by atoms with van der Waals surface area (Å²) in [5.41, 5.74) is -0.00228. The molecular weight excluding hydrogens is 290 g/mol. The summed E-state index contributed by atoms with van der Waals surface area (Å²) < 4.78 is 31.8. The number of carboxylic acid groups (broad SMARTS) is 1. The normalized spacial score (nSPS) is 25.4. The number of ether oxygens (including phenoxy) is 1. The first kappa shape index (κ1) is 14.4. The van der Waals surface area contributed by atoms with E-state index < -0.39 is 16.0 Å². The van der Waals surface area contributed by atoms with Gasteiger partial charge < -0.3 is 9.84 Å². The van der Waals surface area contributed by atoms with Gasteiger partial charge in [-0.3, -0.25) is 0 Å². The van der Waals surface area contributed by atoms with Crippen molar-refractivity contribution in [2.75, 3.05) is 13.2 Å². The monoisotopic (exact) mass is 305 g/mol. The molecule has 0 bridgehead atoms. The van der Waals surface area contributed by atoms with Gasteiger partial charge in [-0.15, -0.1) is 11.3 Å². The third-order valence-corrected chi connectivity index (χ3v) is 6.33. The van der Waals surface area contributed by atoms with Crippen LogP contribution in [-0.4, -0.2) is 49.1 Å². The third kappa shape index (κ3) is 2.81. The number of rotatable bonds is 3. The quantitative estimate of drug-likeness (QED) is 0.908. The van der Waals surface area contributed by atoms with E-state index in [1.807, 2.05) is 6.92 Å². The molecular formula is C11H15NO5S2. The number of aromatic carboxylic acids is 1. The van der Waals surface area contributed by atoms with Crippen LogP contribution in [0.3, 0.4) is 0 Å². The van der Waals surface area contributed by atoms with E-state index in [9.17, 15) is 13.2 Å². The highest BCUT2D eigenvalue weighted by Gasteiger charge is 2.35. The second-order valence-electron chi connectivity index (χ2n) is 4.53.